The molecule has 0 fully saturated rings. The second-order valence-corrected chi connectivity index (χ2v) is 3.77. The van der Waals surface area contributed by atoms with Gasteiger partial charge in [0.1, 0.15) is 11.6 Å². The number of ether oxygens (including phenoxy) is 1. The Kier molecular flexibility index (Phi) is 3.25. The van der Waals surface area contributed by atoms with E-state index in [1.165, 1.54) is 0 Å². The Balaban J connectivity index is 2.31. The summed E-state index contributed by atoms with van der Waals surface area (Å²) >= 11 is 0. The minimum atomic E-state index is 0.219. The van der Waals surface area contributed by atoms with Gasteiger partial charge in [-0.3, -0.25) is 0 Å². The molecule has 0 radical (unpaired) electrons. The van der Waals surface area contributed by atoms with E-state index in [9.17, 15) is 0 Å². The predicted octanol–water partition coefficient (Wildman–Crippen LogP) is 3.25. The van der Waals surface area contributed by atoms with Gasteiger partial charge in [0.05, 0.1) is 11.7 Å². The van der Waals surface area contributed by atoms with Gasteiger partial charge < -0.3 is 9.72 Å². The molecule has 1 aromatic heterocycles. The first kappa shape index (κ1) is 10.7. The molecule has 1 aromatic carbocycles. The summed E-state index contributed by atoms with van der Waals surface area (Å²) < 4.78 is 5.86. The van der Waals surface area contributed by atoms with Crippen molar-refractivity contribution < 1.29 is 4.74 Å². The Hall–Kier alpha value is -1.77. The number of hydrogen-bond donors (Lipinski definition) is 1. The zero-order chi connectivity index (χ0) is 11.4. The second kappa shape index (κ2) is 4.84. The molecule has 0 unspecified atom stereocenters. The third-order valence-corrected chi connectivity index (χ3v) is 2.54. The molecule has 16 heavy (non-hydrogen) atoms. The van der Waals surface area contributed by atoms with Crippen molar-refractivity contribution in [2.24, 2.45) is 0 Å². The molecule has 3 nitrogen and oxygen atoms in total. The lowest BCUT2D eigenvalue weighted by atomic mass is 10.2. The quantitative estimate of drug-likeness (QED) is 0.851. The molecule has 0 bridgehead atoms. The lowest BCUT2D eigenvalue weighted by Gasteiger charge is -2.14. The third kappa shape index (κ3) is 2.24. The predicted molar refractivity (Wildman–Crippen MR) is 64.4 cm³/mol. The lowest BCUT2D eigenvalue weighted by molar-refractivity contribution is 0.218. The lowest BCUT2D eigenvalue weighted by Crippen LogP contribution is -2.10. The van der Waals surface area contributed by atoms with Crippen molar-refractivity contribution >= 4 is 0 Å². The monoisotopic (exact) mass is 216 g/mol. The Morgan fingerprint density at radius 3 is 2.88 bits per heavy atom. The van der Waals surface area contributed by atoms with Crippen molar-refractivity contribution in [2.45, 2.75) is 26.4 Å². The molecule has 1 heterocycles. The van der Waals surface area contributed by atoms with E-state index in [1.54, 1.807) is 6.20 Å². The van der Waals surface area contributed by atoms with Crippen LogP contribution in [0.15, 0.2) is 36.7 Å². The Bertz CT molecular complexity index is 437. The van der Waals surface area contributed by atoms with Gasteiger partial charge in [0.15, 0.2) is 0 Å². The first-order valence-corrected chi connectivity index (χ1v) is 5.56. The summed E-state index contributed by atoms with van der Waals surface area (Å²) in [5, 5.41) is 0. The van der Waals surface area contributed by atoms with Gasteiger partial charge in [0.25, 0.3) is 0 Å². The van der Waals surface area contributed by atoms with Crippen LogP contribution in [0.25, 0.3) is 11.4 Å². The van der Waals surface area contributed by atoms with Crippen molar-refractivity contribution in [1.82, 2.24) is 9.97 Å². The van der Waals surface area contributed by atoms with Crippen LogP contribution in [-0.4, -0.2) is 16.1 Å². The van der Waals surface area contributed by atoms with E-state index in [4.69, 9.17) is 4.74 Å². The Morgan fingerprint density at radius 2 is 2.19 bits per heavy atom. The van der Waals surface area contributed by atoms with Gasteiger partial charge in [0, 0.05) is 12.4 Å². The molecule has 2 aromatic rings. The highest BCUT2D eigenvalue weighted by atomic mass is 16.5. The second-order valence-electron chi connectivity index (χ2n) is 3.77. The summed E-state index contributed by atoms with van der Waals surface area (Å²) in [6.45, 7) is 4.18. The first-order valence-electron chi connectivity index (χ1n) is 5.56. The fraction of sp³-hybridized carbons (Fsp3) is 0.308. The molecule has 0 spiro atoms. The molecule has 0 amide bonds. The number of aromatic amines is 1. The molecule has 0 saturated carbocycles. The maximum Gasteiger partial charge on any atom is 0.141 e. The van der Waals surface area contributed by atoms with Gasteiger partial charge in [-0.25, -0.2) is 4.98 Å². The van der Waals surface area contributed by atoms with Crippen LogP contribution in [0, 0.1) is 0 Å². The molecular formula is C13H16N2O. The number of aromatic nitrogens is 2. The van der Waals surface area contributed by atoms with Gasteiger partial charge in [-0.1, -0.05) is 19.1 Å². The van der Waals surface area contributed by atoms with Crippen LogP contribution in [0.1, 0.15) is 20.3 Å². The van der Waals surface area contributed by atoms with E-state index in [-0.39, 0.29) is 6.10 Å². The average Bonchev–Trinajstić information content (AvgIpc) is 2.83. The minimum Gasteiger partial charge on any atom is -0.490 e. The average molecular weight is 216 g/mol. The Morgan fingerprint density at radius 1 is 1.38 bits per heavy atom. The summed E-state index contributed by atoms with van der Waals surface area (Å²) in [4.78, 5) is 7.34. The third-order valence-electron chi connectivity index (χ3n) is 2.54. The molecule has 3 heteroatoms. The SMILES string of the molecule is CC[C@H](C)Oc1ccccc1-c1ncc[nH]1. The fourth-order valence-electron chi connectivity index (χ4n) is 1.48. The molecule has 0 aliphatic carbocycles. The van der Waals surface area contributed by atoms with E-state index < -0.39 is 0 Å². The van der Waals surface area contributed by atoms with E-state index in [1.807, 2.05) is 30.5 Å². The van der Waals surface area contributed by atoms with Crippen LogP contribution in [-0.2, 0) is 0 Å². The molecular weight excluding hydrogens is 200 g/mol. The summed E-state index contributed by atoms with van der Waals surface area (Å²) in [7, 11) is 0. The van der Waals surface area contributed by atoms with E-state index in [2.05, 4.69) is 23.8 Å². The van der Waals surface area contributed by atoms with Crippen LogP contribution in [0.4, 0.5) is 0 Å². The summed E-state index contributed by atoms with van der Waals surface area (Å²) in [6.07, 6.45) is 4.77. The van der Waals surface area contributed by atoms with Gasteiger partial charge >= 0.3 is 0 Å². The highest BCUT2D eigenvalue weighted by molar-refractivity contribution is 5.63. The number of hydrogen-bond acceptors (Lipinski definition) is 2. The van der Waals surface area contributed by atoms with Crippen LogP contribution >= 0.6 is 0 Å². The topological polar surface area (TPSA) is 37.9 Å². The number of nitrogens with one attached hydrogen (secondary N) is 1. The molecule has 1 N–H and O–H groups in total. The number of H-pyrrole nitrogens is 1. The number of para-hydroxylation sites is 1. The maximum absolute atomic E-state index is 5.86. The van der Waals surface area contributed by atoms with Crippen molar-refractivity contribution in [3.63, 3.8) is 0 Å². The van der Waals surface area contributed by atoms with Crippen molar-refractivity contribution in [3.05, 3.63) is 36.7 Å². The van der Waals surface area contributed by atoms with Crippen LogP contribution < -0.4 is 4.74 Å². The molecule has 1 atom stereocenters. The van der Waals surface area contributed by atoms with Gasteiger partial charge in [-0.2, -0.15) is 0 Å². The standard InChI is InChI=1S/C13H16N2O/c1-3-10(2)16-12-7-5-4-6-11(12)13-14-8-9-15-13/h4-10H,3H2,1-2H3,(H,14,15)/t10-/m0/s1. The van der Waals surface area contributed by atoms with Gasteiger partial charge in [0.2, 0.25) is 0 Å². The first-order chi connectivity index (χ1) is 7.81. The van der Waals surface area contributed by atoms with Crippen LogP contribution in [0.2, 0.25) is 0 Å². The van der Waals surface area contributed by atoms with Crippen LogP contribution in [0.5, 0.6) is 5.75 Å². The highest BCUT2D eigenvalue weighted by Gasteiger charge is 2.09. The molecule has 2 rings (SSSR count). The van der Waals surface area contributed by atoms with Gasteiger partial charge in [-0.05, 0) is 25.5 Å². The van der Waals surface area contributed by atoms with E-state index in [0.29, 0.717) is 0 Å². The Labute approximate surface area is 95.5 Å². The minimum absolute atomic E-state index is 0.219. The molecule has 0 aliphatic rings. The normalized spacial score (nSPS) is 12.4. The number of rotatable bonds is 4. The fourth-order valence-corrected chi connectivity index (χ4v) is 1.48. The smallest absolute Gasteiger partial charge is 0.141 e. The van der Waals surface area contributed by atoms with Crippen molar-refractivity contribution in [2.75, 3.05) is 0 Å². The number of nitrogens with zero attached hydrogens (tertiary/aromatic N) is 1. The summed E-state index contributed by atoms with van der Waals surface area (Å²) in [5.74, 6) is 1.73. The zero-order valence-electron chi connectivity index (χ0n) is 9.60. The van der Waals surface area contributed by atoms with Gasteiger partial charge in [-0.15, -0.1) is 0 Å². The zero-order valence-corrected chi connectivity index (χ0v) is 9.60. The maximum atomic E-state index is 5.86. The van der Waals surface area contributed by atoms with Crippen molar-refractivity contribution in [1.29, 1.82) is 0 Å². The number of benzene rings is 1. The van der Waals surface area contributed by atoms with Crippen molar-refractivity contribution in [3.8, 4) is 17.1 Å². The van der Waals surface area contributed by atoms with E-state index >= 15 is 0 Å². The summed E-state index contributed by atoms with van der Waals surface area (Å²) in [5.41, 5.74) is 1.01. The molecule has 0 aliphatic heterocycles. The highest BCUT2D eigenvalue weighted by Crippen LogP contribution is 2.27. The molecule has 84 valence electrons. The largest absolute Gasteiger partial charge is 0.490 e. The van der Waals surface area contributed by atoms with E-state index in [0.717, 1.165) is 23.6 Å². The van der Waals surface area contributed by atoms with Crippen LogP contribution in [0.3, 0.4) is 0 Å². The number of imidazole rings is 1. The summed E-state index contributed by atoms with van der Waals surface area (Å²) in [6, 6.07) is 7.95. The molecule has 0 saturated heterocycles.